The molecule has 9 heteroatoms. The minimum absolute atomic E-state index is 0.0305. The fraction of sp³-hybridized carbons (Fsp3) is 0.500. The SMILES string of the molecule is CC(C)NC(C)C.COc1c(Cl)ccc(Cl)c1C(=O)NOCC(=O)O. The molecule has 0 aliphatic heterocycles. The average Bonchev–Trinajstić information content (AvgIpc) is 2.47. The van der Waals surface area contributed by atoms with Crippen molar-refractivity contribution in [3.8, 4) is 5.75 Å². The summed E-state index contributed by atoms with van der Waals surface area (Å²) in [5, 5.41) is 12.0. The molecule has 0 unspecified atom stereocenters. The molecule has 1 rings (SSSR count). The Morgan fingerprint density at radius 3 is 2.04 bits per heavy atom. The van der Waals surface area contributed by atoms with Gasteiger partial charge in [0, 0.05) is 12.1 Å². The topological polar surface area (TPSA) is 96.9 Å². The first kappa shape index (κ1) is 23.5. The minimum Gasteiger partial charge on any atom is -0.494 e. The monoisotopic (exact) mass is 394 g/mol. The largest absolute Gasteiger partial charge is 0.494 e. The van der Waals surface area contributed by atoms with Gasteiger partial charge >= 0.3 is 5.97 Å². The van der Waals surface area contributed by atoms with E-state index in [-0.39, 0.29) is 21.4 Å². The van der Waals surface area contributed by atoms with Crippen LogP contribution in [0.1, 0.15) is 38.1 Å². The summed E-state index contributed by atoms with van der Waals surface area (Å²) < 4.78 is 4.96. The van der Waals surface area contributed by atoms with E-state index < -0.39 is 18.5 Å². The van der Waals surface area contributed by atoms with Crippen molar-refractivity contribution >= 4 is 35.1 Å². The van der Waals surface area contributed by atoms with Gasteiger partial charge in [-0.25, -0.2) is 10.3 Å². The Labute approximate surface area is 157 Å². The van der Waals surface area contributed by atoms with Crippen molar-refractivity contribution in [2.75, 3.05) is 13.7 Å². The summed E-state index contributed by atoms with van der Waals surface area (Å²) in [6.45, 7) is 7.94. The van der Waals surface area contributed by atoms with Crippen molar-refractivity contribution in [1.29, 1.82) is 0 Å². The Kier molecular flexibility index (Phi) is 11.2. The number of ether oxygens (including phenoxy) is 1. The molecule has 0 aliphatic carbocycles. The van der Waals surface area contributed by atoms with Crippen molar-refractivity contribution in [2.45, 2.75) is 39.8 Å². The molecule has 0 radical (unpaired) electrons. The Balaban J connectivity index is 0.000000697. The van der Waals surface area contributed by atoms with Crippen LogP contribution in [0.4, 0.5) is 0 Å². The molecule has 142 valence electrons. The number of benzene rings is 1. The Morgan fingerprint density at radius 1 is 1.12 bits per heavy atom. The number of carbonyl (C=O) groups excluding carboxylic acids is 1. The van der Waals surface area contributed by atoms with Crippen molar-refractivity contribution < 1.29 is 24.3 Å². The summed E-state index contributed by atoms with van der Waals surface area (Å²) in [4.78, 5) is 26.4. The lowest BCUT2D eigenvalue weighted by Gasteiger charge is -2.11. The van der Waals surface area contributed by atoms with Crippen molar-refractivity contribution in [1.82, 2.24) is 10.8 Å². The maximum absolute atomic E-state index is 11.7. The third-order valence-electron chi connectivity index (χ3n) is 2.52. The van der Waals surface area contributed by atoms with E-state index in [0.717, 1.165) is 0 Å². The molecule has 1 aromatic carbocycles. The lowest BCUT2D eigenvalue weighted by Crippen LogP contribution is -2.29. The molecule has 0 aromatic heterocycles. The molecule has 0 heterocycles. The highest BCUT2D eigenvalue weighted by Crippen LogP contribution is 2.33. The molecule has 0 aliphatic rings. The first-order chi connectivity index (χ1) is 11.6. The number of amides is 1. The van der Waals surface area contributed by atoms with Crippen molar-refractivity contribution in [3.63, 3.8) is 0 Å². The normalized spacial score (nSPS) is 10.3. The molecular weight excluding hydrogens is 371 g/mol. The summed E-state index contributed by atoms with van der Waals surface area (Å²) in [5.74, 6) is -1.89. The maximum atomic E-state index is 11.7. The predicted octanol–water partition coefficient (Wildman–Crippen LogP) is 3.14. The molecule has 0 saturated heterocycles. The third kappa shape index (κ3) is 9.50. The number of carboxylic acid groups (broad SMARTS) is 1. The second kappa shape index (κ2) is 11.9. The number of halogens is 2. The number of hydroxylamine groups is 1. The molecule has 7 nitrogen and oxygen atoms in total. The van der Waals surface area contributed by atoms with Crippen LogP contribution in [0.5, 0.6) is 5.75 Å². The van der Waals surface area contributed by atoms with Gasteiger partial charge in [0.1, 0.15) is 5.56 Å². The number of nitrogens with one attached hydrogen (secondary N) is 2. The van der Waals surface area contributed by atoms with Gasteiger partial charge in [-0.1, -0.05) is 50.9 Å². The molecular formula is C16H24Cl2N2O5. The summed E-state index contributed by atoms with van der Waals surface area (Å²) >= 11 is 11.7. The number of carbonyl (C=O) groups is 2. The van der Waals surface area contributed by atoms with Gasteiger partial charge in [-0.2, -0.15) is 0 Å². The molecule has 0 saturated carbocycles. The molecule has 0 spiro atoms. The van der Waals surface area contributed by atoms with Gasteiger partial charge in [-0.15, -0.1) is 0 Å². The third-order valence-corrected chi connectivity index (χ3v) is 3.13. The molecule has 1 amide bonds. The second-order valence-electron chi connectivity index (χ2n) is 5.53. The van der Waals surface area contributed by atoms with E-state index in [9.17, 15) is 9.59 Å². The lowest BCUT2D eigenvalue weighted by atomic mass is 10.2. The van der Waals surface area contributed by atoms with Gasteiger partial charge in [0.15, 0.2) is 12.4 Å². The van der Waals surface area contributed by atoms with E-state index in [2.05, 4.69) is 37.8 Å². The summed E-state index contributed by atoms with van der Waals surface area (Å²) in [5.41, 5.74) is 1.90. The van der Waals surface area contributed by atoms with Crippen molar-refractivity contribution in [2.24, 2.45) is 0 Å². The summed E-state index contributed by atoms with van der Waals surface area (Å²) in [7, 11) is 1.33. The average molecular weight is 395 g/mol. The molecule has 0 bridgehead atoms. The highest BCUT2D eigenvalue weighted by atomic mass is 35.5. The fourth-order valence-corrected chi connectivity index (χ4v) is 2.29. The van der Waals surface area contributed by atoms with E-state index in [1.165, 1.54) is 19.2 Å². The molecule has 25 heavy (non-hydrogen) atoms. The minimum atomic E-state index is -1.22. The van der Waals surface area contributed by atoms with Gasteiger partial charge in [-0.05, 0) is 12.1 Å². The Morgan fingerprint density at radius 2 is 1.64 bits per heavy atom. The number of aliphatic carboxylic acids is 1. The number of hydrogen-bond donors (Lipinski definition) is 3. The highest BCUT2D eigenvalue weighted by molar-refractivity contribution is 6.37. The van der Waals surface area contributed by atoms with Gasteiger partial charge in [-0.3, -0.25) is 9.63 Å². The quantitative estimate of drug-likeness (QED) is 0.614. The zero-order chi connectivity index (χ0) is 19.6. The first-order valence-corrected chi connectivity index (χ1v) is 8.27. The van der Waals surface area contributed by atoms with E-state index >= 15 is 0 Å². The number of methoxy groups -OCH3 is 1. The highest BCUT2D eigenvalue weighted by Gasteiger charge is 2.19. The molecule has 1 aromatic rings. The van der Waals surface area contributed by atoms with Crippen LogP contribution in [-0.2, 0) is 9.63 Å². The first-order valence-electron chi connectivity index (χ1n) is 7.52. The molecule has 3 N–H and O–H groups in total. The van der Waals surface area contributed by atoms with Gasteiger partial charge in [0.25, 0.3) is 5.91 Å². The van der Waals surface area contributed by atoms with Crippen LogP contribution in [0.25, 0.3) is 0 Å². The van der Waals surface area contributed by atoms with Crippen LogP contribution in [0, 0.1) is 0 Å². The summed E-state index contributed by atoms with van der Waals surface area (Å²) in [6, 6.07) is 4.14. The lowest BCUT2D eigenvalue weighted by molar-refractivity contribution is -0.144. The number of hydrogen-bond acceptors (Lipinski definition) is 5. The standard InChI is InChI=1S/C10H9Cl2NO5.C6H15N/c1-17-9-6(12)3-2-5(11)8(9)10(16)13-18-4-7(14)15;1-5(2)7-6(3)4/h2-3H,4H2,1H3,(H,13,16)(H,14,15);5-7H,1-4H3. The van der Waals surface area contributed by atoms with Gasteiger partial charge < -0.3 is 15.2 Å². The van der Waals surface area contributed by atoms with E-state index in [0.29, 0.717) is 12.1 Å². The van der Waals surface area contributed by atoms with E-state index in [1.807, 2.05) is 5.48 Å². The van der Waals surface area contributed by atoms with Crippen LogP contribution < -0.4 is 15.5 Å². The van der Waals surface area contributed by atoms with E-state index in [4.69, 9.17) is 33.0 Å². The van der Waals surface area contributed by atoms with Crippen LogP contribution >= 0.6 is 23.2 Å². The van der Waals surface area contributed by atoms with Crippen LogP contribution in [-0.4, -0.2) is 42.8 Å². The van der Waals surface area contributed by atoms with Gasteiger partial charge in [0.2, 0.25) is 0 Å². The Bertz CT molecular complexity index is 574. The predicted molar refractivity (Wildman–Crippen MR) is 97.5 cm³/mol. The zero-order valence-electron chi connectivity index (χ0n) is 14.9. The number of rotatable bonds is 7. The second-order valence-corrected chi connectivity index (χ2v) is 6.34. The smallest absolute Gasteiger partial charge is 0.332 e. The zero-order valence-corrected chi connectivity index (χ0v) is 16.4. The van der Waals surface area contributed by atoms with Crippen LogP contribution in [0.2, 0.25) is 10.0 Å². The molecule has 0 fully saturated rings. The van der Waals surface area contributed by atoms with Crippen LogP contribution in [0.3, 0.4) is 0 Å². The number of carboxylic acids is 1. The van der Waals surface area contributed by atoms with Gasteiger partial charge in [0.05, 0.1) is 17.2 Å². The Hall–Kier alpha value is -1.54. The summed E-state index contributed by atoms with van der Waals surface area (Å²) in [6.07, 6.45) is 0. The van der Waals surface area contributed by atoms with Crippen molar-refractivity contribution in [3.05, 3.63) is 27.7 Å². The van der Waals surface area contributed by atoms with E-state index in [1.54, 1.807) is 0 Å². The van der Waals surface area contributed by atoms with Crippen LogP contribution in [0.15, 0.2) is 12.1 Å². The fourth-order valence-electron chi connectivity index (χ4n) is 1.83. The maximum Gasteiger partial charge on any atom is 0.332 e. The molecule has 0 atom stereocenters.